The fourth-order valence-corrected chi connectivity index (χ4v) is 4.13. The van der Waals surface area contributed by atoms with Crippen LogP contribution in [0.25, 0.3) is 10.9 Å². The lowest BCUT2D eigenvalue weighted by molar-refractivity contribution is 0.0842. The van der Waals surface area contributed by atoms with Crippen molar-refractivity contribution in [2.24, 2.45) is 0 Å². The van der Waals surface area contributed by atoms with Gasteiger partial charge in [0, 0.05) is 44.2 Å². The topological polar surface area (TPSA) is 57.7 Å². The van der Waals surface area contributed by atoms with Crippen LogP contribution in [0.2, 0.25) is 0 Å². The number of benzene rings is 2. The molecule has 6 nitrogen and oxygen atoms in total. The molecule has 0 aliphatic carbocycles. The Hall–Kier alpha value is -2.96. The predicted molar refractivity (Wildman–Crippen MR) is 119 cm³/mol. The van der Waals surface area contributed by atoms with Crippen molar-refractivity contribution in [1.29, 1.82) is 0 Å². The van der Waals surface area contributed by atoms with Gasteiger partial charge in [-0.15, -0.1) is 0 Å². The Morgan fingerprint density at radius 3 is 2.70 bits per heavy atom. The Morgan fingerprint density at radius 1 is 1.13 bits per heavy atom. The van der Waals surface area contributed by atoms with E-state index in [-0.39, 0.29) is 5.91 Å². The summed E-state index contributed by atoms with van der Waals surface area (Å²) < 4.78 is 5.42. The molecule has 3 aromatic rings. The monoisotopic (exact) mass is 404 g/mol. The number of methoxy groups -OCH3 is 1. The minimum atomic E-state index is -0.129. The molecule has 0 bridgehead atoms. The molecule has 1 aliphatic rings. The molecule has 1 atom stereocenters. The van der Waals surface area contributed by atoms with E-state index in [9.17, 15) is 4.79 Å². The van der Waals surface area contributed by atoms with Gasteiger partial charge in [-0.25, -0.2) is 0 Å². The number of ether oxygens (including phenoxy) is 1. The molecule has 1 aromatic heterocycles. The average molecular weight is 405 g/mol. The summed E-state index contributed by atoms with van der Waals surface area (Å²) >= 11 is 0. The largest absolute Gasteiger partial charge is 0.494 e. The summed E-state index contributed by atoms with van der Waals surface area (Å²) in [5.41, 5.74) is 2.64. The number of hydrogen-bond donors (Lipinski definition) is 1. The second-order valence-electron chi connectivity index (χ2n) is 7.70. The first-order valence-corrected chi connectivity index (χ1v) is 10.3. The maximum absolute atomic E-state index is 13.0. The first-order chi connectivity index (χ1) is 14.7. The summed E-state index contributed by atoms with van der Waals surface area (Å²) in [6.45, 7) is 4.37. The van der Waals surface area contributed by atoms with E-state index >= 15 is 0 Å². The second-order valence-corrected chi connectivity index (χ2v) is 7.70. The number of para-hydroxylation sites is 1. The molecule has 0 spiro atoms. The molecule has 1 unspecified atom stereocenters. The molecule has 6 heteroatoms. The fraction of sp³-hybridized carbons (Fsp3) is 0.333. The van der Waals surface area contributed by atoms with E-state index in [1.165, 1.54) is 5.56 Å². The van der Waals surface area contributed by atoms with Crippen molar-refractivity contribution < 1.29 is 9.53 Å². The van der Waals surface area contributed by atoms with E-state index in [1.54, 1.807) is 13.3 Å². The van der Waals surface area contributed by atoms with Gasteiger partial charge in [0.15, 0.2) is 5.75 Å². The molecule has 1 fully saturated rings. The van der Waals surface area contributed by atoms with Crippen molar-refractivity contribution in [1.82, 2.24) is 20.1 Å². The highest BCUT2D eigenvalue weighted by Gasteiger charge is 2.26. The molecule has 1 aliphatic heterocycles. The molecule has 1 amide bonds. The van der Waals surface area contributed by atoms with Crippen molar-refractivity contribution in [2.45, 2.75) is 6.04 Å². The maximum atomic E-state index is 13.0. The van der Waals surface area contributed by atoms with Gasteiger partial charge in [0.05, 0.1) is 24.4 Å². The van der Waals surface area contributed by atoms with Crippen LogP contribution in [0.15, 0.2) is 60.8 Å². The Labute approximate surface area is 177 Å². The Kier molecular flexibility index (Phi) is 6.26. The van der Waals surface area contributed by atoms with E-state index in [2.05, 4.69) is 51.4 Å². The van der Waals surface area contributed by atoms with Gasteiger partial charge in [0.1, 0.15) is 0 Å². The molecule has 0 saturated carbocycles. The van der Waals surface area contributed by atoms with E-state index < -0.39 is 0 Å². The lowest BCUT2D eigenvalue weighted by atomic mass is 10.0. The standard InChI is InChI=1S/C24H28N4O2/c1-27-14-15-28(21(17-27)18-8-4-3-5-9-18)13-12-25-24(29)23-19-10-6-7-11-20(19)26-16-22(23)30-2/h3-11,16,21H,12-15,17H2,1-2H3,(H,25,29). The zero-order valence-electron chi connectivity index (χ0n) is 17.5. The summed E-state index contributed by atoms with van der Waals surface area (Å²) in [4.78, 5) is 22.2. The Morgan fingerprint density at radius 2 is 1.90 bits per heavy atom. The van der Waals surface area contributed by atoms with Gasteiger partial charge in [-0.2, -0.15) is 0 Å². The molecular weight excluding hydrogens is 376 g/mol. The van der Waals surface area contributed by atoms with Crippen LogP contribution < -0.4 is 10.1 Å². The van der Waals surface area contributed by atoms with E-state index in [0.29, 0.717) is 23.9 Å². The van der Waals surface area contributed by atoms with Crippen molar-refractivity contribution in [3.8, 4) is 5.75 Å². The Balaban J connectivity index is 1.46. The van der Waals surface area contributed by atoms with Crippen molar-refractivity contribution in [3.05, 3.63) is 71.9 Å². The molecule has 1 N–H and O–H groups in total. The highest BCUT2D eigenvalue weighted by molar-refractivity contribution is 6.08. The third kappa shape index (κ3) is 4.30. The number of carbonyl (C=O) groups excluding carboxylic acids is 1. The quantitative estimate of drug-likeness (QED) is 0.685. The highest BCUT2D eigenvalue weighted by Crippen LogP contribution is 2.26. The van der Waals surface area contributed by atoms with Crippen LogP contribution >= 0.6 is 0 Å². The van der Waals surface area contributed by atoms with Crippen LogP contribution in [0.3, 0.4) is 0 Å². The number of rotatable bonds is 6. The van der Waals surface area contributed by atoms with Gasteiger partial charge in [0.2, 0.25) is 0 Å². The van der Waals surface area contributed by atoms with Crippen LogP contribution in [-0.4, -0.2) is 67.6 Å². The lowest BCUT2D eigenvalue weighted by Gasteiger charge is -2.40. The maximum Gasteiger partial charge on any atom is 0.255 e. The van der Waals surface area contributed by atoms with Gasteiger partial charge in [-0.3, -0.25) is 14.7 Å². The zero-order valence-corrected chi connectivity index (χ0v) is 17.5. The first kappa shape index (κ1) is 20.3. The minimum absolute atomic E-state index is 0.129. The number of nitrogens with one attached hydrogen (secondary N) is 1. The number of fused-ring (bicyclic) bond motifs is 1. The van der Waals surface area contributed by atoms with Gasteiger partial charge >= 0.3 is 0 Å². The molecule has 2 aromatic carbocycles. The van der Waals surface area contributed by atoms with Crippen LogP contribution in [0, 0.1) is 0 Å². The highest BCUT2D eigenvalue weighted by atomic mass is 16.5. The smallest absolute Gasteiger partial charge is 0.255 e. The summed E-state index contributed by atoms with van der Waals surface area (Å²) in [5, 5.41) is 3.90. The van der Waals surface area contributed by atoms with Gasteiger partial charge in [-0.05, 0) is 18.7 Å². The third-order valence-electron chi connectivity index (χ3n) is 5.75. The van der Waals surface area contributed by atoms with Crippen LogP contribution in [-0.2, 0) is 0 Å². The van der Waals surface area contributed by atoms with Gasteiger partial charge in [-0.1, -0.05) is 48.5 Å². The summed E-state index contributed by atoms with van der Waals surface area (Å²) in [6.07, 6.45) is 1.61. The molecule has 30 heavy (non-hydrogen) atoms. The molecule has 1 saturated heterocycles. The van der Waals surface area contributed by atoms with Crippen LogP contribution in [0.1, 0.15) is 22.0 Å². The average Bonchev–Trinajstić information content (AvgIpc) is 2.79. The van der Waals surface area contributed by atoms with Crippen LogP contribution in [0.5, 0.6) is 5.75 Å². The molecule has 156 valence electrons. The first-order valence-electron chi connectivity index (χ1n) is 10.3. The number of aromatic nitrogens is 1. The summed E-state index contributed by atoms with van der Waals surface area (Å²) in [5.74, 6) is 0.365. The molecule has 2 heterocycles. The van der Waals surface area contributed by atoms with E-state index in [4.69, 9.17) is 4.74 Å². The SMILES string of the molecule is COc1cnc2ccccc2c1C(=O)NCCN1CCN(C)CC1c1ccccc1. The minimum Gasteiger partial charge on any atom is -0.494 e. The Bertz CT molecular complexity index is 1010. The number of pyridine rings is 1. The van der Waals surface area contributed by atoms with E-state index in [0.717, 1.165) is 37.1 Å². The molecule has 0 radical (unpaired) electrons. The van der Waals surface area contributed by atoms with E-state index in [1.807, 2.05) is 30.3 Å². The number of amides is 1. The van der Waals surface area contributed by atoms with Gasteiger partial charge < -0.3 is 15.0 Å². The fourth-order valence-electron chi connectivity index (χ4n) is 4.13. The normalized spacial score (nSPS) is 17.7. The van der Waals surface area contributed by atoms with Crippen LogP contribution in [0.4, 0.5) is 0 Å². The van der Waals surface area contributed by atoms with Gasteiger partial charge in [0.25, 0.3) is 5.91 Å². The molecular formula is C24H28N4O2. The second kappa shape index (κ2) is 9.24. The van der Waals surface area contributed by atoms with Crippen molar-refractivity contribution >= 4 is 16.8 Å². The number of carbonyl (C=O) groups is 1. The summed E-state index contributed by atoms with van der Waals surface area (Å²) in [6, 6.07) is 18.6. The number of likely N-dealkylation sites (N-methyl/N-ethyl adjacent to an activating group) is 1. The molecule has 4 rings (SSSR count). The van der Waals surface area contributed by atoms with Crippen molar-refractivity contribution in [2.75, 3.05) is 46.9 Å². The van der Waals surface area contributed by atoms with Crippen molar-refractivity contribution in [3.63, 3.8) is 0 Å². The zero-order chi connectivity index (χ0) is 20.9. The third-order valence-corrected chi connectivity index (χ3v) is 5.75. The predicted octanol–water partition coefficient (Wildman–Crippen LogP) is 2.96. The lowest BCUT2D eigenvalue weighted by Crippen LogP contribution is -2.49. The summed E-state index contributed by atoms with van der Waals surface area (Å²) in [7, 11) is 3.73. The number of hydrogen-bond acceptors (Lipinski definition) is 5. The number of nitrogens with zero attached hydrogens (tertiary/aromatic N) is 3. The number of piperazine rings is 1.